The number of aryl methyl sites for hydroxylation is 2. The Morgan fingerprint density at radius 1 is 1.35 bits per heavy atom. The minimum absolute atomic E-state index is 0.0476. The minimum atomic E-state index is 0.0476. The predicted octanol–water partition coefficient (Wildman–Crippen LogP) is 1.49. The molecule has 17 heavy (non-hydrogen) atoms. The van der Waals surface area contributed by atoms with E-state index < -0.39 is 0 Å². The molecule has 96 valence electrons. The Labute approximate surface area is 103 Å². The summed E-state index contributed by atoms with van der Waals surface area (Å²) < 4.78 is 1.75. The molecule has 0 fully saturated rings. The summed E-state index contributed by atoms with van der Waals surface area (Å²) in [4.78, 5) is 16.2. The molecule has 0 bridgehead atoms. The lowest BCUT2D eigenvalue weighted by molar-refractivity contribution is 0.412. The number of nitrogens with zero attached hydrogens (tertiary/aromatic N) is 2. The van der Waals surface area contributed by atoms with Crippen LogP contribution in [-0.2, 0) is 6.54 Å². The van der Waals surface area contributed by atoms with Crippen molar-refractivity contribution in [1.29, 1.82) is 0 Å². The highest BCUT2D eigenvalue weighted by molar-refractivity contribution is 5.01. The number of nitrogens with one attached hydrogen (secondary N) is 1. The van der Waals surface area contributed by atoms with Crippen LogP contribution in [0.25, 0.3) is 0 Å². The summed E-state index contributed by atoms with van der Waals surface area (Å²) in [7, 11) is 0. The maximum absolute atomic E-state index is 11.8. The molecule has 0 amide bonds. The van der Waals surface area contributed by atoms with Gasteiger partial charge in [-0.1, -0.05) is 20.8 Å². The van der Waals surface area contributed by atoms with Gasteiger partial charge in [0.2, 0.25) is 0 Å². The Bertz CT molecular complexity index is 423. The fraction of sp³-hybridized carbons (Fsp3) is 0.692. The van der Waals surface area contributed by atoms with Gasteiger partial charge in [0.05, 0.1) is 0 Å². The van der Waals surface area contributed by atoms with Crippen LogP contribution in [-0.4, -0.2) is 22.1 Å². The van der Waals surface area contributed by atoms with E-state index in [2.05, 4.69) is 31.1 Å². The molecule has 4 heteroatoms. The zero-order chi connectivity index (χ0) is 13.0. The second-order valence-corrected chi connectivity index (χ2v) is 5.06. The summed E-state index contributed by atoms with van der Waals surface area (Å²) in [5.74, 6) is 1.21. The van der Waals surface area contributed by atoms with E-state index in [1.54, 1.807) is 10.6 Å². The van der Waals surface area contributed by atoms with Crippen LogP contribution in [0.2, 0.25) is 0 Å². The lowest BCUT2D eigenvalue weighted by Gasteiger charge is -2.17. The van der Waals surface area contributed by atoms with E-state index in [1.165, 1.54) is 0 Å². The molecule has 1 unspecified atom stereocenters. The second-order valence-electron chi connectivity index (χ2n) is 5.06. The van der Waals surface area contributed by atoms with Gasteiger partial charge in [-0.2, -0.15) is 0 Å². The molecule has 1 rings (SSSR count). The van der Waals surface area contributed by atoms with Gasteiger partial charge in [-0.15, -0.1) is 0 Å². The molecule has 0 saturated heterocycles. The molecule has 1 aromatic rings. The Hall–Kier alpha value is -1.16. The molecule has 1 aromatic heterocycles. The van der Waals surface area contributed by atoms with Crippen molar-refractivity contribution in [2.75, 3.05) is 6.54 Å². The topological polar surface area (TPSA) is 46.9 Å². The lowest BCUT2D eigenvalue weighted by Crippen LogP contribution is -2.33. The average molecular weight is 237 g/mol. The van der Waals surface area contributed by atoms with Crippen LogP contribution in [0.1, 0.15) is 32.3 Å². The summed E-state index contributed by atoms with van der Waals surface area (Å²) in [6.07, 6.45) is 0. The van der Waals surface area contributed by atoms with Gasteiger partial charge in [0.15, 0.2) is 0 Å². The zero-order valence-corrected chi connectivity index (χ0v) is 11.4. The van der Waals surface area contributed by atoms with Crippen LogP contribution >= 0.6 is 0 Å². The molecular weight excluding hydrogens is 214 g/mol. The first-order valence-electron chi connectivity index (χ1n) is 6.18. The largest absolute Gasteiger partial charge is 0.314 e. The molecule has 0 spiro atoms. The van der Waals surface area contributed by atoms with Crippen molar-refractivity contribution in [2.45, 2.75) is 47.2 Å². The molecule has 0 aliphatic heterocycles. The standard InChI is InChI=1S/C13H23N3O/c1-9(2)14-7-10(3)8-16-12(5)15-11(4)6-13(16)17/h6,9-10,14H,7-8H2,1-5H3. The van der Waals surface area contributed by atoms with Crippen LogP contribution < -0.4 is 10.9 Å². The van der Waals surface area contributed by atoms with E-state index in [4.69, 9.17) is 0 Å². The number of rotatable bonds is 5. The molecule has 0 radical (unpaired) electrons. The number of aromatic nitrogens is 2. The summed E-state index contributed by atoms with van der Waals surface area (Å²) >= 11 is 0. The van der Waals surface area contributed by atoms with Crippen molar-refractivity contribution in [2.24, 2.45) is 5.92 Å². The first-order chi connectivity index (χ1) is 7.90. The molecule has 0 aliphatic carbocycles. The van der Waals surface area contributed by atoms with Crippen LogP contribution in [0.15, 0.2) is 10.9 Å². The lowest BCUT2D eigenvalue weighted by atomic mass is 10.1. The SMILES string of the molecule is Cc1cc(=O)n(CC(C)CNC(C)C)c(C)n1. The Morgan fingerprint density at radius 3 is 2.53 bits per heavy atom. The normalized spacial score (nSPS) is 13.1. The molecule has 4 nitrogen and oxygen atoms in total. The predicted molar refractivity (Wildman–Crippen MR) is 70.3 cm³/mol. The van der Waals surface area contributed by atoms with E-state index in [9.17, 15) is 4.79 Å². The molecular formula is C13H23N3O. The first-order valence-corrected chi connectivity index (χ1v) is 6.18. The van der Waals surface area contributed by atoms with Crippen molar-refractivity contribution in [3.63, 3.8) is 0 Å². The van der Waals surface area contributed by atoms with Gasteiger partial charge in [-0.25, -0.2) is 4.98 Å². The highest BCUT2D eigenvalue weighted by Gasteiger charge is 2.08. The van der Waals surface area contributed by atoms with Crippen molar-refractivity contribution >= 4 is 0 Å². The van der Waals surface area contributed by atoms with E-state index in [-0.39, 0.29) is 5.56 Å². The van der Waals surface area contributed by atoms with Crippen LogP contribution in [0.4, 0.5) is 0 Å². The van der Waals surface area contributed by atoms with E-state index in [0.717, 1.165) is 24.6 Å². The molecule has 0 aromatic carbocycles. The van der Waals surface area contributed by atoms with Gasteiger partial charge in [-0.05, 0) is 26.3 Å². The second kappa shape index (κ2) is 5.96. The van der Waals surface area contributed by atoms with Gasteiger partial charge < -0.3 is 5.32 Å². The molecule has 0 aliphatic rings. The molecule has 1 N–H and O–H groups in total. The first kappa shape index (κ1) is 13.9. The summed E-state index contributed by atoms with van der Waals surface area (Å²) in [6.45, 7) is 11.8. The maximum atomic E-state index is 11.8. The quantitative estimate of drug-likeness (QED) is 0.844. The number of hydrogen-bond donors (Lipinski definition) is 1. The Morgan fingerprint density at radius 2 is 2.00 bits per heavy atom. The Balaban J connectivity index is 2.72. The molecule has 1 atom stereocenters. The number of hydrogen-bond acceptors (Lipinski definition) is 3. The minimum Gasteiger partial charge on any atom is -0.314 e. The van der Waals surface area contributed by atoms with E-state index >= 15 is 0 Å². The molecule has 1 heterocycles. The fourth-order valence-corrected chi connectivity index (χ4v) is 1.80. The zero-order valence-electron chi connectivity index (χ0n) is 11.4. The van der Waals surface area contributed by atoms with Crippen LogP contribution in [0, 0.1) is 19.8 Å². The highest BCUT2D eigenvalue weighted by atomic mass is 16.1. The van der Waals surface area contributed by atoms with Crippen molar-refractivity contribution in [1.82, 2.24) is 14.9 Å². The summed E-state index contributed by atoms with van der Waals surface area (Å²) in [6, 6.07) is 2.07. The summed E-state index contributed by atoms with van der Waals surface area (Å²) in [5.41, 5.74) is 0.836. The van der Waals surface area contributed by atoms with Crippen molar-refractivity contribution < 1.29 is 0 Å². The van der Waals surface area contributed by atoms with Crippen molar-refractivity contribution in [3.8, 4) is 0 Å². The Kier molecular flexibility index (Phi) is 4.87. The van der Waals surface area contributed by atoms with Gasteiger partial charge in [0.25, 0.3) is 5.56 Å². The third kappa shape index (κ3) is 4.30. The van der Waals surface area contributed by atoms with Gasteiger partial charge in [0, 0.05) is 24.3 Å². The fourth-order valence-electron chi connectivity index (χ4n) is 1.80. The van der Waals surface area contributed by atoms with Crippen molar-refractivity contribution in [3.05, 3.63) is 27.9 Å². The van der Waals surface area contributed by atoms with Crippen LogP contribution in [0.3, 0.4) is 0 Å². The third-order valence-corrected chi connectivity index (χ3v) is 2.70. The third-order valence-electron chi connectivity index (χ3n) is 2.70. The summed E-state index contributed by atoms with van der Waals surface area (Å²) in [5, 5.41) is 3.38. The monoisotopic (exact) mass is 237 g/mol. The average Bonchev–Trinajstić information content (AvgIpc) is 2.20. The van der Waals surface area contributed by atoms with Gasteiger partial charge in [0.1, 0.15) is 5.82 Å². The maximum Gasteiger partial charge on any atom is 0.253 e. The van der Waals surface area contributed by atoms with E-state index in [1.807, 2.05) is 13.8 Å². The smallest absolute Gasteiger partial charge is 0.253 e. The van der Waals surface area contributed by atoms with E-state index in [0.29, 0.717) is 12.0 Å². The van der Waals surface area contributed by atoms with Crippen LogP contribution in [0.5, 0.6) is 0 Å². The molecule has 0 saturated carbocycles. The highest BCUT2D eigenvalue weighted by Crippen LogP contribution is 2.01. The van der Waals surface area contributed by atoms with Gasteiger partial charge in [-0.3, -0.25) is 9.36 Å². The van der Waals surface area contributed by atoms with Gasteiger partial charge >= 0.3 is 0 Å².